The van der Waals surface area contributed by atoms with Gasteiger partial charge in [-0.3, -0.25) is 4.31 Å². The van der Waals surface area contributed by atoms with Crippen LogP contribution in [-0.4, -0.2) is 38.9 Å². The summed E-state index contributed by atoms with van der Waals surface area (Å²) in [5, 5.41) is 0. The standard InChI is InChI=1S/C15H25N3O2S/c1-3-18(15-6-4-5-13(2)11-15)21(19,20)17-9-7-14(12-16)8-10-17/h4-6,11,14H,3,7-10,12,16H2,1-2H3. The lowest BCUT2D eigenvalue weighted by Crippen LogP contribution is -2.48. The van der Waals surface area contributed by atoms with Crippen molar-refractivity contribution >= 4 is 15.9 Å². The third-order valence-electron chi connectivity index (χ3n) is 4.09. The first-order valence-corrected chi connectivity index (χ1v) is 8.93. The van der Waals surface area contributed by atoms with E-state index < -0.39 is 10.2 Å². The zero-order valence-corrected chi connectivity index (χ0v) is 13.6. The molecule has 0 radical (unpaired) electrons. The largest absolute Gasteiger partial charge is 0.330 e. The summed E-state index contributed by atoms with van der Waals surface area (Å²) in [7, 11) is -3.45. The molecule has 118 valence electrons. The second kappa shape index (κ2) is 6.77. The summed E-state index contributed by atoms with van der Waals surface area (Å²) in [6.07, 6.45) is 1.70. The highest BCUT2D eigenvalue weighted by Gasteiger charge is 2.32. The van der Waals surface area contributed by atoms with Gasteiger partial charge in [0, 0.05) is 19.6 Å². The molecule has 0 bridgehead atoms. The molecule has 1 aromatic carbocycles. The highest BCUT2D eigenvalue weighted by atomic mass is 32.2. The maximum atomic E-state index is 12.8. The van der Waals surface area contributed by atoms with Crippen LogP contribution in [0, 0.1) is 12.8 Å². The molecule has 1 heterocycles. The SMILES string of the molecule is CCN(c1cccc(C)c1)S(=O)(=O)N1CCC(CN)CC1. The van der Waals surface area contributed by atoms with Gasteiger partial charge in [-0.1, -0.05) is 12.1 Å². The smallest absolute Gasteiger partial charge is 0.304 e. The van der Waals surface area contributed by atoms with Gasteiger partial charge in [0.15, 0.2) is 0 Å². The van der Waals surface area contributed by atoms with Gasteiger partial charge in [0.1, 0.15) is 0 Å². The molecule has 2 rings (SSSR count). The van der Waals surface area contributed by atoms with E-state index in [1.165, 1.54) is 4.31 Å². The normalized spacial score (nSPS) is 17.9. The molecule has 1 aromatic rings. The van der Waals surface area contributed by atoms with Crippen molar-refractivity contribution in [3.05, 3.63) is 29.8 Å². The predicted octanol–water partition coefficient (Wildman–Crippen LogP) is 1.74. The Bertz CT molecular complexity index is 566. The number of hydrogen-bond acceptors (Lipinski definition) is 3. The highest BCUT2D eigenvalue weighted by Crippen LogP contribution is 2.25. The fraction of sp³-hybridized carbons (Fsp3) is 0.600. The van der Waals surface area contributed by atoms with Crippen LogP contribution in [-0.2, 0) is 10.2 Å². The molecular weight excluding hydrogens is 286 g/mol. The van der Waals surface area contributed by atoms with E-state index in [9.17, 15) is 8.42 Å². The molecule has 0 spiro atoms. The van der Waals surface area contributed by atoms with Crippen LogP contribution in [0.3, 0.4) is 0 Å². The minimum absolute atomic E-state index is 0.433. The Morgan fingerprint density at radius 2 is 2.00 bits per heavy atom. The van der Waals surface area contributed by atoms with Crippen LogP contribution >= 0.6 is 0 Å². The average Bonchev–Trinajstić information content (AvgIpc) is 2.48. The third-order valence-corrected chi connectivity index (χ3v) is 6.13. The molecule has 5 nitrogen and oxygen atoms in total. The lowest BCUT2D eigenvalue weighted by atomic mass is 9.99. The minimum atomic E-state index is -3.45. The first-order chi connectivity index (χ1) is 9.98. The van der Waals surface area contributed by atoms with Crippen LogP contribution < -0.4 is 10.0 Å². The van der Waals surface area contributed by atoms with Crippen molar-refractivity contribution < 1.29 is 8.42 Å². The number of hydrogen-bond donors (Lipinski definition) is 1. The Labute approximate surface area is 127 Å². The zero-order chi connectivity index (χ0) is 15.5. The van der Waals surface area contributed by atoms with Gasteiger partial charge in [0.05, 0.1) is 5.69 Å². The monoisotopic (exact) mass is 311 g/mol. The number of piperidine rings is 1. The number of nitrogens with zero attached hydrogens (tertiary/aromatic N) is 2. The molecule has 1 fully saturated rings. The maximum Gasteiger partial charge on any atom is 0.304 e. The van der Waals surface area contributed by atoms with Crippen molar-refractivity contribution in [3.63, 3.8) is 0 Å². The van der Waals surface area contributed by atoms with Gasteiger partial charge < -0.3 is 5.73 Å². The summed E-state index contributed by atoms with van der Waals surface area (Å²) < 4.78 is 28.8. The summed E-state index contributed by atoms with van der Waals surface area (Å²) in [5.41, 5.74) is 7.47. The van der Waals surface area contributed by atoms with E-state index in [1.807, 2.05) is 38.1 Å². The molecule has 0 aliphatic carbocycles. The topological polar surface area (TPSA) is 66.6 Å². The van der Waals surface area contributed by atoms with Gasteiger partial charge in [0.25, 0.3) is 0 Å². The van der Waals surface area contributed by atoms with Crippen molar-refractivity contribution in [2.45, 2.75) is 26.7 Å². The molecule has 2 N–H and O–H groups in total. The van der Waals surface area contributed by atoms with Crippen molar-refractivity contribution in [2.24, 2.45) is 11.7 Å². The van der Waals surface area contributed by atoms with Crippen LogP contribution in [0.5, 0.6) is 0 Å². The van der Waals surface area contributed by atoms with Crippen molar-refractivity contribution in [1.29, 1.82) is 0 Å². The Morgan fingerprint density at radius 1 is 1.33 bits per heavy atom. The highest BCUT2D eigenvalue weighted by molar-refractivity contribution is 7.90. The van der Waals surface area contributed by atoms with Gasteiger partial charge in [-0.2, -0.15) is 12.7 Å². The second-order valence-corrected chi connectivity index (χ2v) is 7.44. The average molecular weight is 311 g/mol. The minimum Gasteiger partial charge on any atom is -0.330 e. The van der Waals surface area contributed by atoms with Crippen LogP contribution in [0.15, 0.2) is 24.3 Å². The fourth-order valence-corrected chi connectivity index (χ4v) is 4.43. The van der Waals surface area contributed by atoms with Gasteiger partial charge >= 0.3 is 10.2 Å². The molecule has 0 aromatic heterocycles. The van der Waals surface area contributed by atoms with Crippen LogP contribution in [0.2, 0.25) is 0 Å². The van der Waals surface area contributed by atoms with Gasteiger partial charge in [-0.05, 0) is 56.8 Å². The molecule has 21 heavy (non-hydrogen) atoms. The van der Waals surface area contributed by atoms with E-state index in [1.54, 1.807) is 4.31 Å². The number of anilines is 1. The summed E-state index contributed by atoms with van der Waals surface area (Å²) >= 11 is 0. The van der Waals surface area contributed by atoms with Crippen LogP contribution in [0.1, 0.15) is 25.3 Å². The van der Waals surface area contributed by atoms with E-state index in [0.29, 0.717) is 32.1 Å². The van der Waals surface area contributed by atoms with E-state index in [-0.39, 0.29) is 0 Å². The molecule has 1 aliphatic rings. The molecule has 0 atom stereocenters. The van der Waals surface area contributed by atoms with E-state index >= 15 is 0 Å². The number of nitrogens with two attached hydrogens (primary N) is 1. The summed E-state index contributed by atoms with van der Waals surface area (Å²) in [6.45, 7) is 6.04. The second-order valence-electron chi connectivity index (χ2n) is 5.59. The maximum absolute atomic E-state index is 12.8. The lowest BCUT2D eigenvalue weighted by Gasteiger charge is -2.35. The van der Waals surface area contributed by atoms with Crippen LogP contribution in [0.25, 0.3) is 0 Å². The molecule has 0 saturated carbocycles. The van der Waals surface area contributed by atoms with Gasteiger partial charge in [0.2, 0.25) is 0 Å². The van der Waals surface area contributed by atoms with E-state index in [0.717, 1.165) is 24.1 Å². The quantitative estimate of drug-likeness (QED) is 0.900. The number of benzene rings is 1. The molecule has 0 unspecified atom stereocenters. The van der Waals surface area contributed by atoms with E-state index in [4.69, 9.17) is 5.73 Å². The predicted molar refractivity (Wildman–Crippen MR) is 86.5 cm³/mol. The number of aryl methyl sites for hydroxylation is 1. The third kappa shape index (κ3) is 3.56. The Balaban J connectivity index is 2.20. The van der Waals surface area contributed by atoms with Crippen LogP contribution in [0.4, 0.5) is 5.69 Å². The molecule has 1 aliphatic heterocycles. The van der Waals surface area contributed by atoms with E-state index in [2.05, 4.69) is 0 Å². The fourth-order valence-electron chi connectivity index (χ4n) is 2.78. The summed E-state index contributed by atoms with van der Waals surface area (Å²) in [6, 6.07) is 7.62. The van der Waals surface area contributed by atoms with Crippen molar-refractivity contribution in [1.82, 2.24) is 4.31 Å². The Morgan fingerprint density at radius 3 is 2.52 bits per heavy atom. The Kier molecular flexibility index (Phi) is 5.24. The van der Waals surface area contributed by atoms with Crippen molar-refractivity contribution in [3.8, 4) is 0 Å². The summed E-state index contributed by atoms with van der Waals surface area (Å²) in [5.74, 6) is 0.450. The zero-order valence-electron chi connectivity index (χ0n) is 12.8. The first kappa shape index (κ1) is 16.3. The van der Waals surface area contributed by atoms with Gasteiger partial charge in [-0.15, -0.1) is 0 Å². The number of rotatable bonds is 5. The van der Waals surface area contributed by atoms with Gasteiger partial charge in [-0.25, -0.2) is 0 Å². The Hall–Kier alpha value is -1.11. The summed E-state index contributed by atoms with van der Waals surface area (Å²) in [4.78, 5) is 0. The molecule has 6 heteroatoms. The molecule has 1 saturated heterocycles. The lowest BCUT2D eigenvalue weighted by molar-refractivity contribution is 0.278. The van der Waals surface area contributed by atoms with Crippen molar-refractivity contribution in [2.75, 3.05) is 30.5 Å². The molecular formula is C15H25N3O2S. The first-order valence-electron chi connectivity index (χ1n) is 7.53. The molecule has 0 amide bonds.